The number of methoxy groups -OCH3 is 1. The van der Waals surface area contributed by atoms with Gasteiger partial charge in [0.1, 0.15) is 17.1 Å². The zero-order chi connectivity index (χ0) is 21.5. The molecule has 1 atom stereocenters. The standard InChI is InChI=1S/C22H20FN5O2S/c1-12-3-4-13-9-14(23)5-8-18(13)28(12)19(29)11-31-22-25-21-20(26-27-22)16-10-15(30-2)6-7-17(16)24-21/h5-10,12H,3-4,11H2,1-2H3,(H,24,25,27). The molecule has 9 heteroatoms. The SMILES string of the molecule is COc1ccc2[nH]c3nc(SCC(=O)N4c5ccc(F)cc5CCC4C)nnc3c2c1. The molecule has 0 fully saturated rings. The van der Waals surface area contributed by atoms with Crippen molar-refractivity contribution in [2.45, 2.75) is 31.0 Å². The third-order valence-electron chi connectivity index (χ3n) is 5.57. The lowest BCUT2D eigenvalue weighted by Gasteiger charge is -2.35. The number of aromatic amines is 1. The van der Waals surface area contributed by atoms with Gasteiger partial charge in [-0.05, 0) is 61.7 Å². The molecule has 0 radical (unpaired) electrons. The molecule has 1 N–H and O–H groups in total. The molecule has 0 spiro atoms. The molecule has 0 bridgehead atoms. The van der Waals surface area contributed by atoms with E-state index >= 15 is 0 Å². The summed E-state index contributed by atoms with van der Waals surface area (Å²) in [6.45, 7) is 2.01. The van der Waals surface area contributed by atoms with Gasteiger partial charge < -0.3 is 14.6 Å². The van der Waals surface area contributed by atoms with Crippen molar-refractivity contribution in [3.63, 3.8) is 0 Å². The van der Waals surface area contributed by atoms with Crippen molar-refractivity contribution in [2.24, 2.45) is 0 Å². The molecule has 0 saturated heterocycles. The highest BCUT2D eigenvalue weighted by Crippen LogP contribution is 2.32. The van der Waals surface area contributed by atoms with Crippen LogP contribution in [0.3, 0.4) is 0 Å². The highest BCUT2D eigenvalue weighted by molar-refractivity contribution is 7.99. The van der Waals surface area contributed by atoms with Gasteiger partial charge in [-0.3, -0.25) is 4.79 Å². The van der Waals surface area contributed by atoms with Crippen LogP contribution in [-0.4, -0.2) is 45.0 Å². The first kappa shape index (κ1) is 19.7. The molecule has 2 aromatic carbocycles. The Labute approximate surface area is 182 Å². The maximum Gasteiger partial charge on any atom is 0.237 e. The molecule has 1 amide bonds. The summed E-state index contributed by atoms with van der Waals surface area (Å²) in [4.78, 5) is 22.5. The summed E-state index contributed by atoms with van der Waals surface area (Å²) in [5.41, 5.74) is 3.81. The third kappa shape index (κ3) is 3.59. The van der Waals surface area contributed by atoms with Crippen LogP contribution < -0.4 is 9.64 Å². The normalized spacial score (nSPS) is 16.0. The van der Waals surface area contributed by atoms with Crippen molar-refractivity contribution in [1.82, 2.24) is 20.2 Å². The quantitative estimate of drug-likeness (QED) is 0.484. The van der Waals surface area contributed by atoms with Crippen molar-refractivity contribution < 1.29 is 13.9 Å². The van der Waals surface area contributed by atoms with E-state index in [1.165, 1.54) is 23.9 Å². The summed E-state index contributed by atoms with van der Waals surface area (Å²) in [6.07, 6.45) is 1.56. The van der Waals surface area contributed by atoms with Crippen LogP contribution in [0, 0.1) is 5.82 Å². The summed E-state index contributed by atoms with van der Waals surface area (Å²) in [7, 11) is 1.61. The zero-order valence-electron chi connectivity index (χ0n) is 17.1. The number of aromatic nitrogens is 4. The Balaban J connectivity index is 1.37. The van der Waals surface area contributed by atoms with E-state index in [9.17, 15) is 9.18 Å². The van der Waals surface area contributed by atoms with E-state index in [2.05, 4.69) is 20.2 Å². The van der Waals surface area contributed by atoms with Gasteiger partial charge in [0.2, 0.25) is 11.1 Å². The van der Waals surface area contributed by atoms with Gasteiger partial charge in [-0.2, -0.15) is 0 Å². The van der Waals surface area contributed by atoms with Gasteiger partial charge in [-0.1, -0.05) is 11.8 Å². The smallest absolute Gasteiger partial charge is 0.237 e. The third-order valence-corrected chi connectivity index (χ3v) is 6.39. The number of hydrogen-bond donors (Lipinski definition) is 1. The van der Waals surface area contributed by atoms with Crippen molar-refractivity contribution in [1.29, 1.82) is 0 Å². The number of carbonyl (C=O) groups excluding carboxylic acids is 1. The highest BCUT2D eigenvalue weighted by atomic mass is 32.2. The first-order valence-corrected chi connectivity index (χ1v) is 11.0. The zero-order valence-corrected chi connectivity index (χ0v) is 17.9. The lowest BCUT2D eigenvalue weighted by atomic mass is 9.96. The molecule has 1 unspecified atom stereocenters. The highest BCUT2D eigenvalue weighted by Gasteiger charge is 2.28. The second-order valence-corrected chi connectivity index (χ2v) is 8.48. The van der Waals surface area contributed by atoms with Gasteiger partial charge in [-0.25, -0.2) is 9.37 Å². The van der Waals surface area contributed by atoms with E-state index in [-0.39, 0.29) is 23.5 Å². The number of rotatable bonds is 4. The maximum absolute atomic E-state index is 13.6. The first-order chi connectivity index (χ1) is 15.0. The van der Waals surface area contributed by atoms with Crippen LogP contribution >= 0.6 is 11.8 Å². The van der Waals surface area contributed by atoms with Crippen molar-refractivity contribution in [3.8, 4) is 5.75 Å². The van der Waals surface area contributed by atoms with Gasteiger partial charge in [0.25, 0.3) is 0 Å². The number of halogens is 1. The molecule has 5 rings (SSSR count). The molecule has 4 aromatic rings. The fraction of sp³-hybridized carbons (Fsp3) is 0.273. The lowest BCUT2D eigenvalue weighted by molar-refractivity contribution is -0.116. The Morgan fingerprint density at radius 3 is 3.00 bits per heavy atom. The number of fused-ring (bicyclic) bond motifs is 4. The molecular weight excluding hydrogens is 417 g/mol. The number of nitrogens with zero attached hydrogens (tertiary/aromatic N) is 4. The molecule has 1 aliphatic rings. The predicted octanol–water partition coefficient (Wildman–Crippen LogP) is 4.11. The summed E-state index contributed by atoms with van der Waals surface area (Å²) < 4.78 is 18.9. The van der Waals surface area contributed by atoms with Crippen LogP contribution in [-0.2, 0) is 11.2 Å². The number of anilines is 1. The number of benzene rings is 2. The number of aryl methyl sites for hydroxylation is 1. The average Bonchev–Trinajstić information content (AvgIpc) is 3.14. The summed E-state index contributed by atoms with van der Waals surface area (Å²) in [6, 6.07) is 10.3. The molecule has 7 nitrogen and oxygen atoms in total. The lowest BCUT2D eigenvalue weighted by Crippen LogP contribution is -2.43. The van der Waals surface area contributed by atoms with Crippen LogP contribution in [0.4, 0.5) is 10.1 Å². The number of amides is 1. The second-order valence-electron chi connectivity index (χ2n) is 7.54. The van der Waals surface area contributed by atoms with E-state index in [1.54, 1.807) is 18.1 Å². The predicted molar refractivity (Wildman–Crippen MR) is 118 cm³/mol. The fourth-order valence-electron chi connectivity index (χ4n) is 4.02. The Kier molecular flexibility index (Phi) is 4.97. The molecule has 0 saturated carbocycles. The number of carbonyl (C=O) groups is 1. The van der Waals surface area contributed by atoms with Crippen LogP contribution in [0.2, 0.25) is 0 Å². The van der Waals surface area contributed by atoms with Gasteiger partial charge in [-0.15, -0.1) is 10.2 Å². The van der Waals surface area contributed by atoms with Gasteiger partial charge in [0.05, 0.1) is 12.9 Å². The van der Waals surface area contributed by atoms with Crippen LogP contribution in [0.25, 0.3) is 22.1 Å². The molecule has 2 aromatic heterocycles. The van der Waals surface area contributed by atoms with E-state index in [0.717, 1.165) is 40.7 Å². The Morgan fingerprint density at radius 2 is 2.16 bits per heavy atom. The second kappa shape index (κ2) is 7.81. The monoisotopic (exact) mass is 437 g/mol. The number of ether oxygens (including phenoxy) is 1. The van der Waals surface area contributed by atoms with Crippen molar-refractivity contribution in [3.05, 3.63) is 47.8 Å². The number of hydrogen-bond acceptors (Lipinski definition) is 6. The van der Waals surface area contributed by atoms with Crippen LogP contribution in [0.15, 0.2) is 41.6 Å². The minimum absolute atomic E-state index is 0.0521. The number of H-pyrrole nitrogens is 1. The molecule has 3 heterocycles. The summed E-state index contributed by atoms with van der Waals surface area (Å²) in [5.74, 6) is 0.562. The number of nitrogens with one attached hydrogen (secondary N) is 1. The fourth-order valence-corrected chi connectivity index (χ4v) is 4.67. The average molecular weight is 438 g/mol. The minimum atomic E-state index is -0.279. The van der Waals surface area contributed by atoms with Gasteiger partial charge in [0, 0.05) is 22.6 Å². The summed E-state index contributed by atoms with van der Waals surface area (Å²) in [5, 5.41) is 9.81. The first-order valence-electron chi connectivity index (χ1n) is 9.97. The summed E-state index contributed by atoms with van der Waals surface area (Å²) >= 11 is 1.24. The van der Waals surface area contributed by atoms with E-state index in [4.69, 9.17) is 4.74 Å². The minimum Gasteiger partial charge on any atom is -0.497 e. The van der Waals surface area contributed by atoms with Gasteiger partial charge >= 0.3 is 0 Å². The van der Waals surface area contributed by atoms with Crippen molar-refractivity contribution >= 4 is 45.4 Å². The maximum atomic E-state index is 13.6. The van der Waals surface area contributed by atoms with E-state index < -0.39 is 0 Å². The Morgan fingerprint density at radius 1 is 1.29 bits per heavy atom. The van der Waals surface area contributed by atoms with Crippen molar-refractivity contribution in [2.75, 3.05) is 17.8 Å². The van der Waals surface area contributed by atoms with Crippen LogP contribution in [0.1, 0.15) is 18.9 Å². The topological polar surface area (TPSA) is 84.0 Å². The van der Waals surface area contributed by atoms with Crippen LogP contribution in [0.5, 0.6) is 5.75 Å². The Hall–Kier alpha value is -3.20. The van der Waals surface area contributed by atoms with E-state index in [0.29, 0.717) is 16.3 Å². The molecule has 0 aliphatic carbocycles. The molecule has 31 heavy (non-hydrogen) atoms. The van der Waals surface area contributed by atoms with E-state index in [1.807, 2.05) is 25.1 Å². The number of thioether (sulfide) groups is 1. The largest absolute Gasteiger partial charge is 0.497 e. The molecule has 1 aliphatic heterocycles. The van der Waals surface area contributed by atoms with Gasteiger partial charge in [0.15, 0.2) is 5.65 Å². The molecule has 158 valence electrons. The molecular formula is C22H20FN5O2S. The Bertz CT molecular complexity index is 1310.